The fourth-order valence-electron chi connectivity index (χ4n) is 0.882. The second-order valence-corrected chi connectivity index (χ2v) is 3.03. The van der Waals surface area contributed by atoms with Gasteiger partial charge in [0.2, 0.25) is 0 Å². The minimum Gasteiger partial charge on any atom is -0.326 e. The topological polar surface area (TPSA) is 34.4 Å². The lowest BCUT2D eigenvalue weighted by Gasteiger charge is -2.17. The summed E-state index contributed by atoms with van der Waals surface area (Å²) < 4.78 is 0. The maximum atomic E-state index is 11.0. The molecule has 0 aromatic rings. The monoisotopic (exact) mass is 157 g/mol. The Morgan fingerprint density at radius 2 is 2.09 bits per heavy atom. The van der Waals surface area contributed by atoms with Gasteiger partial charge in [0, 0.05) is 20.1 Å². The van der Waals surface area contributed by atoms with Crippen molar-refractivity contribution in [3.8, 4) is 0 Å². The number of carbonyl (C=O) groups excluding carboxylic acids is 1. The van der Waals surface area contributed by atoms with Gasteiger partial charge in [0.25, 0.3) is 0 Å². The summed E-state index contributed by atoms with van der Waals surface area (Å²) in [6, 6.07) is -0.110. The van der Waals surface area contributed by atoms with Crippen LogP contribution in [0.1, 0.15) is 20.8 Å². The van der Waals surface area contributed by atoms with Crippen LogP contribution in [0.3, 0.4) is 0 Å². The maximum Gasteiger partial charge on any atom is 0.338 e. The molecule has 0 heterocycles. The highest BCUT2D eigenvalue weighted by Gasteiger charge is 2.08. The summed E-state index contributed by atoms with van der Waals surface area (Å²) in [6.07, 6.45) is 0. The third-order valence-electron chi connectivity index (χ3n) is 1.26. The fourth-order valence-corrected chi connectivity index (χ4v) is 0.882. The molecule has 65 valence electrons. The summed E-state index contributed by atoms with van der Waals surface area (Å²) in [7, 11) is 1.78. The number of rotatable bonds is 3. The van der Waals surface area contributed by atoms with Gasteiger partial charge < -0.3 is 4.90 Å². The van der Waals surface area contributed by atoms with Gasteiger partial charge in [-0.2, -0.15) is 0 Å². The Hall–Kier alpha value is -0.730. The Morgan fingerprint density at radius 1 is 1.55 bits per heavy atom. The molecule has 0 atom stereocenters. The molecule has 0 fully saturated rings. The van der Waals surface area contributed by atoms with E-state index in [4.69, 9.17) is 0 Å². The highest BCUT2D eigenvalue weighted by Crippen LogP contribution is 1.95. The molecule has 0 aliphatic rings. The number of nitrogens with zero attached hydrogens (tertiary/aromatic N) is 2. The van der Waals surface area contributed by atoms with Crippen molar-refractivity contribution in [2.24, 2.45) is 5.92 Å². The van der Waals surface area contributed by atoms with E-state index in [0.717, 1.165) is 6.54 Å². The number of amides is 2. The van der Waals surface area contributed by atoms with E-state index in [1.54, 1.807) is 11.9 Å². The van der Waals surface area contributed by atoms with Crippen LogP contribution in [-0.4, -0.2) is 31.1 Å². The molecule has 0 saturated heterocycles. The van der Waals surface area contributed by atoms with Crippen molar-refractivity contribution in [1.29, 1.82) is 0 Å². The van der Waals surface area contributed by atoms with Crippen LogP contribution in [0.4, 0.5) is 4.79 Å². The third kappa shape index (κ3) is 4.65. The molecule has 0 aromatic heterocycles. The second-order valence-electron chi connectivity index (χ2n) is 3.03. The van der Waals surface area contributed by atoms with Gasteiger partial charge in [-0.15, -0.1) is 0 Å². The van der Waals surface area contributed by atoms with Crippen LogP contribution in [0, 0.1) is 5.92 Å². The molecule has 3 heteroatoms. The van der Waals surface area contributed by atoms with Crippen LogP contribution in [0.25, 0.3) is 0 Å². The lowest BCUT2D eigenvalue weighted by Crippen LogP contribution is -2.35. The minimum atomic E-state index is -0.110. The van der Waals surface area contributed by atoms with E-state index in [0.29, 0.717) is 12.5 Å². The summed E-state index contributed by atoms with van der Waals surface area (Å²) in [5.41, 5.74) is 0. The largest absolute Gasteiger partial charge is 0.338 e. The zero-order valence-corrected chi connectivity index (χ0v) is 7.79. The highest BCUT2D eigenvalue weighted by atomic mass is 16.2. The summed E-state index contributed by atoms with van der Waals surface area (Å²) in [6.45, 7) is 7.37. The molecule has 0 bridgehead atoms. The van der Waals surface area contributed by atoms with E-state index in [-0.39, 0.29) is 6.03 Å². The van der Waals surface area contributed by atoms with Crippen molar-refractivity contribution in [2.45, 2.75) is 20.8 Å². The third-order valence-corrected chi connectivity index (χ3v) is 1.26. The minimum absolute atomic E-state index is 0.110. The quantitative estimate of drug-likeness (QED) is 0.608. The Balaban J connectivity index is 3.64. The van der Waals surface area contributed by atoms with Crippen molar-refractivity contribution in [3.05, 3.63) is 0 Å². The summed E-state index contributed by atoms with van der Waals surface area (Å²) in [5.74, 6) is 0.510. The van der Waals surface area contributed by atoms with Gasteiger partial charge in [-0.1, -0.05) is 13.8 Å². The highest BCUT2D eigenvalue weighted by molar-refractivity contribution is 5.73. The van der Waals surface area contributed by atoms with E-state index in [1.807, 2.05) is 6.92 Å². The first-order valence-corrected chi connectivity index (χ1v) is 4.00. The summed E-state index contributed by atoms with van der Waals surface area (Å²) >= 11 is 0. The average molecular weight is 157 g/mol. The molecule has 2 amide bonds. The van der Waals surface area contributed by atoms with Gasteiger partial charge in [-0.3, -0.25) is 0 Å². The molecule has 0 N–H and O–H groups in total. The zero-order valence-electron chi connectivity index (χ0n) is 7.79. The Labute approximate surface area is 68.8 Å². The van der Waals surface area contributed by atoms with E-state index < -0.39 is 0 Å². The molecule has 0 aliphatic heterocycles. The number of hydrogen-bond donors (Lipinski definition) is 0. The van der Waals surface area contributed by atoms with E-state index >= 15 is 0 Å². The molecular formula is C8H17N2O. The van der Waals surface area contributed by atoms with Gasteiger partial charge in [0.05, 0.1) is 0 Å². The Bertz CT molecular complexity index is 123. The van der Waals surface area contributed by atoms with Crippen LogP contribution in [0.2, 0.25) is 0 Å². The molecular weight excluding hydrogens is 140 g/mol. The number of hydrogen-bond acceptors (Lipinski definition) is 1. The number of carbonyl (C=O) groups is 1. The average Bonchev–Trinajstić information content (AvgIpc) is 1.86. The molecule has 0 rings (SSSR count). The molecule has 0 aliphatic carbocycles. The molecule has 1 radical (unpaired) electrons. The van der Waals surface area contributed by atoms with Crippen LogP contribution < -0.4 is 5.32 Å². The maximum absolute atomic E-state index is 11.0. The standard InChI is InChI=1S/C8H17N2O/c1-5-9-8(11)10(4)6-7(2)3/h7H,5-6H2,1-4H3. The summed E-state index contributed by atoms with van der Waals surface area (Å²) in [5, 5.41) is 3.76. The lowest BCUT2D eigenvalue weighted by atomic mass is 10.2. The van der Waals surface area contributed by atoms with Crippen LogP contribution in [-0.2, 0) is 0 Å². The fraction of sp³-hybridized carbons (Fsp3) is 0.875. The van der Waals surface area contributed by atoms with Crippen molar-refractivity contribution in [2.75, 3.05) is 20.1 Å². The predicted octanol–water partition coefficient (Wildman–Crippen LogP) is 1.32. The van der Waals surface area contributed by atoms with Gasteiger partial charge in [0.15, 0.2) is 0 Å². The number of urea groups is 1. The first kappa shape index (κ1) is 10.3. The second kappa shape index (κ2) is 4.99. The zero-order chi connectivity index (χ0) is 8.85. The van der Waals surface area contributed by atoms with Crippen LogP contribution in [0.15, 0.2) is 0 Å². The summed E-state index contributed by atoms with van der Waals surface area (Å²) in [4.78, 5) is 12.7. The first-order valence-electron chi connectivity index (χ1n) is 4.00. The van der Waals surface area contributed by atoms with Crippen molar-refractivity contribution in [1.82, 2.24) is 10.2 Å². The van der Waals surface area contributed by atoms with Gasteiger partial charge in [0.1, 0.15) is 0 Å². The molecule has 0 saturated carbocycles. The molecule has 0 unspecified atom stereocenters. The SMILES string of the molecule is CC[N]C(=O)N(C)CC(C)C. The van der Waals surface area contributed by atoms with E-state index in [9.17, 15) is 4.79 Å². The van der Waals surface area contributed by atoms with Gasteiger partial charge in [-0.05, 0) is 12.8 Å². The smallest absolute Gasteiger partial charge is 0.326 e. The van der Waals surface area contributed by atoms with Crippen LogP contribution >= 0.6 is 0 Å². The molecule has 3 nitrogen and oxygen atoms in total. The van der Waals surface area contributed by atoms with Crippen molar-refractivity contribution in [3.63, 3.8) is 0 Å². The van der Waals surface area contributed by atoms with Gasteiger partial charge in [-0.25, -0.2) is 10.1 Å². The Morgan fingerprint density at radius 3 is 2.45 bits per heavy atom. The van der Waals surface area contributed by atoms with E-state index in [1.165, 1.54) is 0 Å². The van der Waals surface area contributed by atoms with Gasteiger partial charge >= 0.3 is 6.03 Å². The van der Waals surface area contributed by atoms with Crippen molar-refractivity contribution < 1.29 is 4.79 Å². The first-order chi connectivity index (χ1) is 5.07. The lowest BCUT2D eigenvalue weighted by molar-refractivity contribution is 0.203. The van der Waals surface area contributed by atoms with Crippen molar-refractivity contribution >= 4 is 6.03 Å². The predicted molar refractivity (Wildman–Crippen MR) is 45.5 cm³/mol. The Kier molecular flexibility index (Phi) is 4.66. The molecule has 11 heavy (non-hydrogen) atoms. The molecule has 0 aromatic carbocycles. The van der Waals surface area contributed by atoms with E-state index in [2.05, 4.69) is 19.2 Å². The van der Waals surface area contributed by atoms with Crippen LogP contribution in [0.5, 0.6) is 0 Å². The molecule has 0 spiro atoms. The normalized spacial score (nSPS) is 9.91.